The zero-order chi connectivity index (χ0) is 14.9. The van der Waals surface area contributed by atoms with Crippen molar-refractivity contribution in [3.8, 4) is 0 Å². The van der Waals surface area contributed by atoms with E-state index in [4.69, 9.17) is 5.73 Å². The summed E-state index contributed by atoms with van der Waals surface area (Å²) in [5, 5.41) is 0.0376. The third-order valence-electron chi connectivity index (χ3n) is 3.68. The van der Waals surface area contributed by atoms with Crippen LogP contribution < -0.4 is 10.5 Å². The number of benzene rings is 1. The number of sulfonamides is 1. The van der Waals surface area contributed by atoms with Gasteiger partial charge in [-0.05, 0) is 35.6 Å². The Labute approximate surface area is 124 Å². The van der Waals surface area contributed by atoms with E-state index in [-0.39, 0.29) is 11.1 Å². The number of aromatic nitrogens is 1. The first-order valence-corrected chi connectivity index (χ1v) is 8.31. The van der Waals surface area contributed by atoms with Gasteiger partial charge in [-0.1, -0.05) is 30.3 Å². The summed E-state index contributed by atoms with van der Waals surface area (Å²) in [6, 6.07) is 11.1. The third-order valence-corrected chi connectivity index (χ3v) is 5.12. The smallest absolute Gasteiger partial charge is 0.258 e. The van der Waals surface area contributed by atoms with Gasteiger partial charge in [0.1, 0.15) is 0 Å². The molecule has 0 atom stereocenters. The van der Waals surface area contributed by atoms with E-state index in [9.17, 15) is 8.42 Å². The Kier molecular flexibility index (Phi) is 3.75. The van der Waals surface area contributed by atoms with Crippen LogP contribution in [0.25, 0.3) is 0 Å². The van der Waals surface area contributed by atoms with Crippen molar-refractivity contribution in [2.75, 3.05) is 0 Å². The second-order valence-electron chi connectivity index (χ2n) is 5.20. The molecule has 1 aromatic carbocycles. The van der Waals surface area contributed by atoms with Crippen LogP contribution in [0.15, 0.2) is 47.6 Å². The minimum atomic E-state index is -3.59. The van der Waals surface area contributed by atoms with Crippen molar-refractivity contribution in [1.29, 1.82) is 0 Å². The van der Waals surface area contributed by atoms with E-state index in [0.29, 0.717) is 6.54 Å². The largest absolute Gasteiger partial charge is 0.326 e. The number of rotatable bonds is 4. The van der Waals surface area contributed by atoms with Gasteiger partial charge in [-0.25, -0.2) is 18.1 Å². The maximum Gasteiger partial charge on any atom is 0.258 e. The van der Waals surface area contributed by atoms with Gasteiger partial charge in [0, 0.05) is 18.8 Å². The Morgan fingerprint density at radius 2 is 1.81 bits per heavy atom. The average molecular weight is 303 g/mol. The molecule has 0 saturated carbocycles. The van der Waals surface area contributed by atoms with Crippen molar-refractivity contribution in [2.24, 2.45) is 5.73 Å². The van der Waals surface area contributed by atoms with Crippen molar-refractivity contribution in [2.45, 2.75) is 30.5 Å². The molecule has 0 fully saturated rings. The number of nitrogens with zero attached hydrogens (tertiary/aromatic N) is 1. The third kappa shape index (κ3) is 2.97. The molecule has 0 bridgehead atoms. The molecule has 0 amide bonds. The van der Waals surface area contributed by atoms with E-state index in [0.717, 1.165) is 18.4 Å². The van der Waals surface area contributed by atoms with Crippen LogP contribution in [0.2, 0.25) is 0 Å². The van der Waals surface area contributed by atoms with Gasteiger partial charge in [0.2, 0.25) is 0 Å². The number of hydrogen-bond donors (Lipinski definition) is 2. The maximum atomic E-state index is 12.3. The Morgan fingerprint density at radius 1 is 1.14 bits per heavy atom. The molecule has 0 aliphatic heterocycles. The van der Waals surface area contributed by atoms with Gasteiger partial charge in [-0.15, -0.1) is 0 Å². The van der Waals surface area contributed by atoms with Gasteiger partial charge in [-0.2, -0.15) is 0 Å². The normalized spacial score (nSPS) is 15.1. The average Bonchev–Trinajstić information content (AvgIpc) is 2.88. The van der Waals surface area contributed by atoms with Gasteiger partial charge in [0.05, 0.1) is 0 Å². The van der Waals surface area contributed by atoms with Crippen LogP contribution in [-0.4, -0.2) is 19.4 Å². The number of hydrogen-bond acceptors (Lipinski definition) is 4. The fraction of sp³-hybridized carbons (Fsp3) is 0.267. The van der Waals surface area contributed by atoms with Gasteiger partial charge in [0.15, 0.2) is 5.03 Å². The summed E-state index contributed by atoms with van der Waals surface area (Å²) in [7, 11) is -3.59. The molecule has 3 N–H and O–H groups in total. The summed E-state index contributed by atoms with van der Waals surface area (Å²) in [5.74, 6) is 0. The molecule has 0 saturated heterocycles. The highest BCUT2D eigenvalue weighted by molar-refractivity contribution is 7.89. The molecule has 1 heterocycles. The quantitative estimate of drug-likeness (QED) is 0.882. The highest BCUT2D eigenvalue weighted by Gasteiger charge is 2.26. The first kappa shape index (κ1) is 14.2. The van der Waals surface area contributed by atoms with E-state index in [2.05, 4.69) is 9.71 Å². The van der Waals surface area contributed by atoms with E-state index in [1.54, 1.807) is 6.07 Å². The van der Waals surface area contributed by atoms with E-state index >= 15 is 0 Å². The van der Waals surface area contributed by atoms with Crippen molar-refractivity contribution in [1.82, 2.24) is 9.71 Å². The molecule has 3 rings (SSSR count). The fourth-order valence-corrected chi connectivity index (χ4v) is 3.78. The lowest BCUT2D eigenvalue weighted by Gasteiger charge is -2.12. The minimum Gasteiger partial charge on any atom is -0.326 e. The molecule has 1 aliphatic carbocycles. The Bertz CT molecular complexity index is 717. The number of fused-ring (bicyclic) bond motifs is 1. The lowest BCUT2D eigenvalue weighted by atomic mass is 10.1. The van der Waals surface area contributed by atoms with Crippen LogP contribution >= 0.6 is 0 Å². The first-order valence-electron chi connectivity index (χ1n) is 6.82. The van der Waals surface area contributed by atoms with Gasteiger partial charge in [-0.3, -0.25) is 0 Å². The van der Waals surface area contributed by atoms with Crippen LogP contribution in [0, 0.1) is 0 Å². The summed E-state index contributed by atoms with van der Waals surface area (Å²) in [6.07, 6.45) is 2.94. The topological polar surface area (TPSA) is 85.1 Å². The SMILES string of the molecule is NCc1ccc(S(=O)(=O)NC2Cc3ccccc3C2)nc1. The van der Waals surface area contributed by atoms with Crippen LogP contribution in [0.3, 0.4) is 0 Å². The number of nitrogens with two attached hydrogens (primary N) is 1. The second-order valence-corrected chi connectivity index (χ2v) is 6.86. The molecular formula is C15H17N3O2S. The summed E-state index contributed by atoms with van der Waals surface area (Å²) in [6.45, 7) is 0.346. The number of pyridine rings is 1. The molecule has 6 heteroatoms. The fourth-order valence-electron chi connectivity index (χ4n) is 2.61. The zero-order valence-corrected chi connectivity index (χ0v) is 12.3. The Morgan fingerprint density at radius 3 is 2.33 bits per heavy atom. The zero-order valence-electron chi connectivity index (χ0n) is 11.5. The molecule has 110 valence electrons. The molecule has 2 aromatic rings. The standard InChI is InChI=1S/C15H17N3O2S/c16-9-11-5-6-15(17-10-11)21(19,20)18-14-7-12-3-1-2-4-13(12)8-14/h1-6,10,14,18H,7-9,16H2. The van der Waals surface area contributed by atoms with E-state index in [1.165, 1.54) is 23.4 Å². The van der Waals surface area contributed by atoms with E-state index in [1.807, 2.05) is 24.3 Å². The molecule has 1 aliphatic rings. The highest BCUT2D eigenvalue weighted by Crippen LogP contribution is 2.22. The highest BCUT2D eigenvalue weighted by atomic mass is 32.2. The molecular weight excluding hydrogens is 286 g/mol. The molecule has 5 nitrogen and oxygen atoms in total. The van der Waals surface area contributed by atoms with Crippen molar-refractivity contribution < 1.29 is 8.42 Å². The summed E-state index contributed by atoms with van der Waals surface area (Å²) in [5.41, 5.74) is 8.70. The predicted octanol–water partition coefficient (Wildman–Crippen LogP) is 0.986. The molecule has 0 unspecified atom stereocenters. The Balaban J connectivity index is 1.75. The van der Waals surface area contributed by atoms with Crippen molar-refractivity contribution >= 4 is 10.0 Å². The van der Waals surface area contributed by atoms with Gasteiger partial charge in [0.25, 0.3) is 10.0 Å². The predicted molar refractivity (Wildman–Crippen MR) is 80.1 cm³/mol. The van der Waals surface area contributed by atoms with Crippen LogP contribution in [-0.2, 0) is 29.4 Å². The summed E-state index contributed by atoms with van der Waals surface area (Å²) < 4.78 is 27.4. The molecule has 0 radical (unpaired) electrons. The van der Waals surface area contributed by atoms with Gasteiger partial charge < -0.3 is 5.73 Å². The Hall–Kier alpha value is -1.76. The van der Waals surface area contributed by atoms with Crippen LogP contribution in [0.1, 0.15) is 16.7 Å². The van der Waals surface area contributed by atoms with Crippen molar-refractivity contribution in [3.63, 3.8) is 0 Å². The number of nitrogens with one attached hydrogen (secondary N) is 1. The van der Waals surface area contributed by atoms with E-state index < -0.39 is 10.0 Å². The molecule has 1 aromatic heterocycles. The lowest BCUT2D eigenvalue weighted by molar-refractivity contribution is 0.552. The van der Waals surface area contributed by atoms with Gasteiger partial charge >= 0.3 is 0 Å². The second kappa shape index (κ2) is 5.55. The van der Waals surface area contributed by atoms with Crippen molar-refractivity contribution in [3.05, 3.63) is 59.3 Å². The minimum absolute atomic E-state index is 0.0376. The molecule has 21 heavy (non-hydrogen) atoms. The van der Waals surface area contributed by atoms with Crippen LogP contribution in [0.5, 0.6) is 0 Å². The van der Waals surface area contributed by atoms with Crippen LogP contribution in [0.4, 0.5) is 0 Å². The first-order chi connectivity index (χ1) is 10.1. The monoisotopic (exact) mass is 303 g/mol. The maximum absolute atomic E-state index is 12.3. The summed E-state index contributed by atoms with van der Waals surface area (Å²) in [4.78, 5) is 3.98. The lowest BCUT2D eigenvalue weighted by Crippen LogP contribution is -2.35. The summed E-state index contributed by atoms with van der Waals surface area (Å²) >= 11 is 0. The molecule has 0 spiro atoms.